The summed E-state index contributed by atoms with van der Waals surface area (Å²) in [6, 6.07) is 4.46. The van der Waals surface area contributed by atoms with Crippen LogP contribution < -0.4 is 4.74 Å². The molecule has 1 saturated heterocycles. The number of ether oxygens (including phenoxy) is 2. The van der Waals surface area contributed by atoms with Crippen LogP contribution in [0, 0.1) is 35.0 Å². The zero-order chi connectivity index (χ0) is 21.7. The van der Waals surface area contributed by atoms with Crippen molar-refractivity contribution < 1.29 is 31.4 Å². The van der Waals surface area contributed by atoms with Gasteiger partial charge in [0.25, 0.3) is 0 Å². The molecular weight excluding hydrogens is 403 g/mol. The molecule has 0 aromatic heterocycles. The van der Waals surface area contributed by atoms with E-state index in [1.165, 1.54) is 12.1 Å². The Morgan fingerprint density at radius 1 is 0.900 bits per heavy atom. The molecule has 2 nitrogen and oxygen atoms in total. The van der Waals surface area contributed by atoms with Crippen molar-refractivity contribution in [2.24, 2.45) is 5.92 Å². The summed E-state index contributed by atoms with van der Waals surface area (Å²) in [7, 11) is 0. The van der Waals surface area contributed by atoms with Gasteiger partial charge in [0.1, 0.15) is 0 Å². The van der Waals surface area contributed by atoms with Crippen molar-refractivity contribution in [3.05, 3.63) is 64.5 Å². The lowest BCUT2D eigenvalue weighted by Crippen LogP contribution is -2.26. The van der Waals surface area contributed by atoms with Crippen LogP contribution in [-0.2, 0) is 11.2 Å². The molecule has 1 fully saturated rings. The molecule has 1 aliphatic rings. The molecule has 0 bridgehead atoms. The van der Waals surface area contributed by atoms with Crippen LogP contribution in [-0.4, -0.2) is 13.2 Å². The average Bonchev–Trinajstić information content (AvgIpc) is 2.72. The number of unbranched alkanes of at least 4 members (excludes halogenated alkanes) is 2. The van der Waals surface area contributed by atoms with E-state index in [0.29, 0.717) is 24.8 Å². The molecule has 0 N–H and O–H groups in total. The molecule has 7 heteroatoms. The Morgan fingerprint density at radius 3 is 2.13 bits per heavy atom. The van der Waals surface area contributed by atoms with E-state index in [9.17, 15) is 22.0 Å². The van der Waals surface area contributed by atoms with Gasteiger partial charge >= 0.3 is 0 Å². The van der Waals surface area contributed by atoms with E-state index >= 15 is 0 Å². The Balaban J connectivity index is 1.53. The topological polar surface area (TPSA) is 18.5 Å². The third-order valence-corrected chi connectivity index (χ3v) is 5.34. The van der Waals surface area contributed by atoms with Crippen molar-refractivity contribution >= 4 is 0 Å². The van der Waals surface area contributed by atoms with Gasteiger partial charge in [0.05, 0.1) is 19.3 Å². The van der Waals surface area contributed by atoms with E-state index in [2.05, 4.69) is 6.92 Å². The average molecular weight is 428 g/mol. The van der Waals surface area contributed by atoms with Crippen LogP contribution >= 0.6 is 0 Å². The fourth-order valence-corrected chi connectivity index (χ4v) is 3.64. The lowest BCUT2D eigenvalue weighted by Gasteiger charge is -2.29. The quantitative estimate of drug-likeness (QED) is 0.266. The Bertz CT molecular complexity index is 817. The Morgan fingerprint density at radius 2 is 1.57 bits per heavy atom. The molecule has 1 aliphatic heterocycles. The molecule has 0 aliphatic carbocycles. The predicted octanol–water partition coefficient (Wildman–Crippen LogP) is 6.66. The van der Waals surface area contributed by atoms with E-state index < -0.39 is 40.9 Å². The van der Waals surface area contributed by atoms with Crippen LogP contribution in [0.3, 0.4) is 0 Å². The minimum absolute atomic E-state index is 0.0574. The number of hydrogen-bond acceptors (Lipinski definition) is 2. The van der Waals surface area contributed by atoms with Gasteiger partial charge in [-0.3, -0.25) is 0 Å². The van der Waals surface area contributed by atoms with Gasteiger partial charge in [-0.2, -0.15) is 0 Å². The smallest absolute Gasteiger partial charge is 0.194 e. The maximum atomic E-state index is 14.3. The second-order valence-electron chi connectivity index (χ2n) is 7.72. The highest BCUT2D eigenvalue weighted by molar-refractivity contribution is 5.31. The van der Waals surface area contributed by atoms with E-state index in [1.807, 2.05) is 0 Å². The third kappa shape index (κ3) is 5.50. The summed E-state index contributed by atoms with van der Waals surface area (Å²) in [5, 5.41) is 0. The third-order valence-electron chi connectivity index (χ3n) is 5.34. The van der Waals surface area contributed by atoms with Crippen LogP contribution in [0.25, 0.3) is 0 Å². The highest BCUT2D eigenvalue weighted by Crippen LogP contribution is 2.33. The fourth-order valence-electron chi connectivity index (χ4n) is 3.64. The first kappa shape index (κ1) is 22.5. The second-order valence-corrected chi connectivity index (χ2v) is 7.72. The minimum Gasteiger partial charge on any atom is -0.487 e. The Hall–Kier alpha value is -2.15. The number of hydrogen-bond donors (Lipinski definition) is 0. The molecule has 164 valence electrons. The van der Waals surface area contributed by atoms with Crippen molar-refractivity contribution in [2.75, 3.05) is 13.2 Å². The standard InChI is InChI=1S/C23H25F5O2/c1-2-3-4-5-14-8-19(26)23(20(27)9-14)30-13-15-6-7-21(29-12-15)16-10-17(24)22(28)18(25)11-16/h8-11,15,21H,2-7,12-13H2,1H3. The lowest BCUT2D eigenvalue weighted by atomic mass is 9.95. The second kappa shape index (κ2) is 10.2. The normalized spacial score (nSPS) is 19.1. The zero-order valence-corrected chi connectivity index (χ0v) is 16.8. The molecule has 0 radical (unpaired) electrons. The largest absolute Gasteiger partial charge is 0.487 e. The van der Waals surface area contributed by atoms with Crippen molar-refractivity contribution in [1.29, 1.82) is 0 Å². The number of halogens is 5. The molecule has 2 unspecified atom stereocenters. The fraction of sp³-hybridized carbons (Fsp3) is 0.478. The molecule has 0 spiro atoms. The summed E-state index contributed by atoms with van der Waals surface area (Å²) in [6.07, 6.45) is 3.95. The van der Waals surface area contributed by atoms with Crippen molar-refractivity contribution in [1.82, 2.24) is 0 Å². The molecule has 2 aromatic rings. The number of rotatable bonds is 8. The predicted molar refractivity (Wildman–Crippen MR) is 103 cm³/mol. The van der Waals surface area contributed by atoms with Gasteiger partial charge in [0.2, 0.25) is 0 Å². The maximum Gasteiger partial charge on any atom is 0.194 e. The molecule has 0 saturated carbocycles. The van der Waals surface area contributed by atoms with Gasteiger partial charge in [0.15, 0.2) is 34.8 Å². The van der Waals surface area contributed by atoms with Crippen LogP contribution in [0.4, 0.5) is 22.0 Å². The van der Waals surface area contributed by atoms with Gasteiger partial charge < -0.3 is 9.47 Å². The minimum atomic E-state index is -1.51. The van der Waals surface area contributed by atoms with Crippen molar-refractivity contribution in [3.63, 3.8) is 0 Å². The summed E-state index contributed by atoms with van der Waals surface area (Å²) in [5.41, 5.74) is 0.829. The molecular formula is C23H25F5O2. The lowest BCUT2D eigenvalue weighted by molar-refractivity contribution is -0.0294. The maximum absolute atomic E-state index is 14.3. The molecule has 2 aromatic carbocycles. The summed E-state index contributed by atoms with van der Waals surface area (Å²) < 4.78 is 79.5. The summed E-state index contributed by atoms with van der Waals surface area (Å²) >= 11 is 0. The SMILES string of the molecule is CCCCCc1cc(F)c(OCC2CCC(c3cc(F)c(F)c(F)c3)OC2)c(F)c1. The molecule has 1 heterocycles. The molecule has 30 heavy (non-hydrogen) atoms. The van der Waals surface area contributed by atoms with Gasteiger partial charge in [-0.25, -0.2) is 22.0 Å². The van der Waals surface area contributed by atoms with Gasteiger partial charge in [0, 0.05) is 5.92 Å². The highest BCUT2D eigenvalue weighted by Gasteiger charge is 2.26. The van der Waals surface area contributed by atoms with E-state index in [4.69, 9.17) is 9.47 Å². The van der Waals surface area contributed by atoms with Crippen LogP contribution in [0.15, 0.2) is 24.3 Å². The number of aryl methyl sites for hydroxylation is 1. The zero-order valence-electron chi connectivity index (χ0n) is 16.8. The summed E-state index contributed by atoms with van der Waals surface area (Å²) in [6.45, 7) is 2.32. The molecule has 0 amide bonds. The first-order valence-corrected chi connectivity index (χ1v) is 10.3. The van der Waals surface area contributed by atoms with Crippen molar-refractivity contribution in [2.45, 2.75) is 51.6 Å². The monoisotopic (exact) mass is 428 g/mol. The van der Waals surface area contributed by atoms with Gasteiger partial charge in [-0.15, -0.1) is 0 Å². The molecule has 3 rings (SSSR count). The van der Waals surface area contributed by atoms with Gasteiger partial charge in [-0.05, 0) is 61.1 Å². The molecule has 2 atom stereocenters. The van der Waals surface area contributed by atoms with E-state index in [0.717, 1.165) is 31.4 Å². The van der Waals surface area contributed by atoms with E-state index in [1.54, 1.807) is 0 Å². The van der Waals surface area contributed by atoms with Crippen LogP contribution in [0.1, 0.15) is 56.3 Å². The number of benzene rings is 2. The Kier molecular flexibility index (Phi) is 7.69. The van der Waals surface area contributed by atoms with Crippen molar-refractivity contribution in [3.8, 4) is 5.75 Å². The Labute approximate surface area is 173 Å². The van der Waals surface area contributed by atoms with Gasteiger partial charge in [-0.1, -0.05) is 19.8 Å². The summed E-state index contributed by atoms with van der Waals surface area (Å²) in [4.78, 5) is 0. The van der Waals surface area contributed by atoms with Crippen LogP contribution in [0.5, 0.6) is 5.75 Å². The van der Waals surface area contributed by atoms with E-state index in [-0.39, 0.29) is 24.7 Å². The summed E-state index contributed by atoms with van der Waals surface area (Å²) in [5.74, 6) is -6.02. The van der Waals surface area contributed by atoms with Crippen LogP contribution in [0.2, 0.25) is 0 Å². The first-order chi connectivity index (χ1) is 14.4. The highest BCUT2D eigenvalue weighted by atomic mass is 19.2. The first-order valence-electron chi connectivity index (χ1n) is 10.3.